The maximum Gasteiger partial charge on any atom is 0.0237 e. The molecule has 0 unspecified atom stereocenters. The van der Waals surface area contributed by atoms with Crippen molar-refractivity contribution in [1.29, 1.82) is 0 Å². The van der Waals surface area contributed by atoms with Gasteiger partial charge in [0.15, 0.2) is 0 Å². The van der Waals surface area contributed by atoms with Gasteiger partial charge in [-0.1, -0.05) is 32.6 Å². The molecule has 0 aliphatic heterocycles. The van der Waals surface area contributed by atoms with Crippen molar-refractivity contribution in [1.82, 2.24) is 0 Å². The van der Waals surface area contributed by atoms with E-state index in [2.05, 4.69) is 32.6 Å². The fraction of sp³-hybridized carbons (Fsp3) is 0.778. The first kappa shape index (κ1) is 6.68. The van der Waals surface area contributed by atoms with Gasteiger partial charge in [-0.2, -0.15) is 0 Å². The van der Waals surface area contributed by atoms with Gasteiger partial charge in [0, 0.05) is 11.8 Å². The van der Waals surface area contributed by atoms with Crippen LogP contribution in [0.3, 0.4) is 0 Å². The van der Waals surface area contributed by atoms with Gasteiger partial charge < -0.3 is 0 Å². The molecule has 2 atom stereocenters. The third-order valence-electron chi connectivity index (χ3n) is 1.93. The topological polar surface area (TPSA) is 0 Å². The van der Waals surface area contributed by atoms with Gasteiger partial charge in [-0.15, -0.1) is 0 Å². The Bertz CT molecular complexity index is 145. The van der Waals surface area contributed by atoms with Crippen LogP contribution in [0.15, 0.2) is 0 Å². The first-order valence-electron chi connectivity index (χ1n) is 3.71. The molecular weight excluding hydrogens is 108 g/mol. The first-order chi connectivity index (χ1) is 4.20. The van der Waals surface area contributed by atoms with Gasteiger partial charge in [0.05, 0.1) is 0 Å². The molecule has 0 amide bonds. The predicted molar refractivity (Wildman–Crippen MR) is 39.9 cm³/mol. The average molecular weight is 122 g/mol. The van der Waals surface area contributed by atoms with E-state index >= 15 is 0 Å². The van der Waals surface area contributed by atoms with E-state index in [9.17, 15) is 0 Å². The molecule has 1 aliphatic carbocycles. The van der Waals surface area contributed by atoms with Crippen molar-refractivity contribution in [3.05, 3.63) is 0 Å². The summed E-state index contributed by atoms with van der Waals surface area (Å²) in [6, 6.07) is 0. The van der Waals surface area contributed by atoms with Crippen LogP contribution in [0.4, 0.5) is 0 Å². The van der Waals surface area contributed by atoms with Crippen molar-refractivity contribution in [2.75, 3.05) is 0 Å². The first-order valence-corrected chi connectivity index (χ1v) is 3.71. The maximum atomic E-state index is 3.26. The third-order valence-corrected chi connectivity index (χ3v) is 1.93. The second-order valence-electron chi connectivity index (χ2n) is 3.28. The Morgan fingerprint density at radius 1 is 1.33 bits per heavy atom. The van der Waals surface area contributed by atoms with E-state index in [1.54, 1.807) is 0 Å². The highest BCUT2D eigenvalue weighted by Crippen LogP contribution is 2.23. The number of rotatable bonds is 1. The van der Waals surface area contributed by atoms with E-state index in [0.717, 1.165) is 5.92 Å². The minimum absolute atomic E-state index is 0.650. The molecule has 0 nitrogen and oxygen atoms in total. The second-order valence-corrected chi connectivity index (χ2v) is 3.28. The SMILES string of the molecule is CC(C)[C@H]1C#C[C@H](C)C1. The fourth-order valence-electron chi connectivity index (χ4n) is 1.19. The summed E-state index contributed by atoms with van der Waals surface area (Å²) in [7, 11) is 0. The molecule has 1 rings (SSSR count). The van der Waals surface area contributed by atoms with Crippen molar-refractivity contribution >= 4 is 0 Å². The summed E-state index contributed by atoms with van der Waals surface area (Å²) in [4.78, 5) is 0. The number of hydrogen-bond acceptors (Lipinski definition) is 0. The standard InChI is InChI=1S/C9H14/c1-7(2)9-5-4-8(3)6-9/h7-9H,6H2,1-3H3/t8-,9-/m0/s1. The van der Waals surface area contributed by atoms with Crippen LogP contribution in [0.25, 0.3) is 0 Å². The molecule has 0 aromatic rings. The molecule has 9 heavy (non-hydrogen) atoms. The zero-order chi connectivity index (χ0) is 6.85. The molecule has 0 aromatic carbocycles. The summed E-state index contributed by atoms with van der Waals surface area (Å²) in [5.41, 5.74) is 0. The Kier molecular flexibility index (Phi) is 1.81. The fourth-order valence-corrected chi connectivity index (χ4v) is 1.19. The molecule has 0 saturated carbocycles. The van der Waals surface area contributed by atoms with Gasteiger partial charge >= 0.3 is 0 Å². The average Bonchev–Trinajstić information content (AvgIpc) is 2.14. The predicted octanol–water partition coefficient (Wildman–Crippen LogP) is 2.30. The Morgan fingerprint density at radius 3 is 2.22 bits per heavy atom. The zero-order valence-electron chi connectivity index (χ0n) is 6.44. The monoisotopic (exact) mass is 122 g/mol. The molecule has 0 radical (unpaired) electrons. The highest BCUT2D eigenvalue weighted by molar-refractivity contribution is 5.14. The summed E-state index contributed by atoms with van der Waals surface area (Å²) in [5, 5.41) is 0. The van der Waals surface area contributed by atoms with E-state index < -0.39 is 0 Å². The smallest absolute Gasteiger partial charge is 0.0237 e. The van der Waals surface area contributed by atoms with Gasteiger partial charge in [0.1, 0.15) is 0 Å². The molecule has 0 saturated heterocycles. The summed E-state index contributed by atoms with van der Waals surface area (Å²) in [5.74, 6) is 8.54. The van der Waals surface area contributed by atoms with Crippen molar-refractivity contribution in [3.8, 4) is 11.8 Å². The Morgan fingerprint density at radius 2 is 2.00 bits per heavy atom. The molecule has 0 fully saturated rings. The minimum atomic E-state index is 0.650. The van der Waals surface area contributed by atoms with Gasteiger partial charge in [0.2, 0.25) is 0 Å². The van der Waals surface area contributed by atoms with Crippen molar-refractivity contribution < 1.29 is 0 Å². The summed E-state index contributed by atoms with van der Waals surface area (Å²) < 4.78 is 0. The van der Waals surface area contributed by atoms with E-state index in [4.69, 9.17) is 0 Å². The minimum Gasteiger partial charge on any atom is -0.0999 e. The zero-order valence-corrected chi connectivity index (χ0v) is 6.44. The molecule has 0 heteroatoms. The van der Waals surface area contributed by atoms with Crippen LogP contribution in [0, 0.1) is 29.6 Å². The summed E-state index contributed by atoms with van der Waals surface area (Å²) in [6.07, 6.45) is 1.26. The van der Waals surface area contributed by atoms with Crippen molar-refractivity contribution in [2.45, 2.75) is 27.2 Å². The van der Waals surface area contributed by atoms with Crippen molar-refractivity contribution in [3.63, 3.8) is 0 Å². The molecule has 0 heterocycles. The van der Waals surface area contributed by atoms with Gasteiger partial charge in [-0.05, 0) is 12.3 Å². The quantitative estimate of drug-likeness (QED) is 0.468. The van der Waals surface area contributed by atoms with Crippen LogP contribution in [0.5, 0.6) is 0 Å². The molecular formula is C9H14. The van der Waals surface area contributed by atoms with Crippen LogP contribution >= 0.6 is 0 Å². The largest absolute Gasteiger partial charge is 0.0999 e. The molecule has 1 aliphatic rings. The van der Waals surface area contributed by atoms with E-state index in [1.165, 1.54) is 6.42 Å². The van der Waals surface area contributed by atoms with E-state index in [-0.39, 0.29) is 0 Å². The lowest BCUT2D eigenvalue weighted by atomic mass is 9.93. The third kappa shape index (κ3) is 1.48. The van der Waals surface area contributed by atoms with Gasteiger partial charge in [0.25, 0.3) is 0 Å². The van der Waals surface area contributed by atoms with Crippen molar-refractivity contribution in [2.24, 2.45) is 17.8 Å². The Labute approximate surface area is 57.7 Å². The van der Waals surface area contributed by atoms with E-state index in [1.807, 2.05) is 0 Å². The molecule has 0 aromatic heterocycles. The van der Waals surface area contributed by atoms with Crippen LogP contribution in [0.2, 0.25) is 0 Å². The Hall–Kier alpha value is -0.440. The van der Waals surface area contributed by atoms with Crippen LogP contribution in [0.1, 0.15) is 27.2 Å². The lowest BCUT2D eigenvalue weighted by Gasteiger charge is -2.10. The van der Waals surface area contributed by atoms with Crippen LogP contribution in [-0.2, 0) is 0 Å². The molecule has 0 N–H and O–H groups in total. The van der Waals surface area contributed by atoms with Crippen LogP contribution < -0.4 is 0 Å². The molecule has 0 bridgehead atoms. The van der Waals surface area contributed by atoms with Gasteiger partial charge in [-0.3, -0.25) is 0 Å². The maximum absolute atomic E-state index is 3.26. The van der Waals surface area contributed by atoms with Gasteiger partial charge in [-0.25, -0.2) is 0 Å². The lowest BCUT2D eigenvalue weighted by Crippen LogP contribution is -2.04. The van der Waals surface area contributed by atoms with E-state index in [0.29, 0.717) is 11.8 Å². The lowest BCUT2D eigenvalue weighted by molar-refractivity contribution is 0.433. The normalized spacial score (nSPS) is 32.4. The highest BCUT2D eigenvalue weighted by atomic mass is 14.2. The summed E-state index contributed by atoms with van der Waals surface area (Å²) in [6.45, 7) is 6.70. The highest BCUT2D eigenvalue weighted by Gasteiger charge is 2.17. The molecule has 0 spiro atoms. The summed E-state index contributed by atoms with van der Waals surface area (Å²) >= 11 is 0. The van der Waals surface area contributed by atoms with Crippen LogP contribution in [-0.4, -0.2) is 0 Å². The Balaban J connectivity index is 2.45. The second kappa shape index (κ2) is 2.43. The number of hydrogen-bond donors (Lipinski definition) is 0. The molecule has 50 valence electrons.